The molecule has 5 heteroatoms. The number of carboxylic acid groups (broad SMARTS) is 1. The molecule has 0 aromatic carbocycles. The van der Waals surface area contributed by atoms with Crippen molar-refractivity contribution in [3.05, 3.63) is 0 Å². The summed E-state index contributed by atoms with van der Waals surface area (Å²) in [4.78, 5) is 9.45. The number of aliphatic hydroxyl groups is 3. The predicted molar refractivity (Wildman–Crippen MR) is 54.1 cm³/mol. The molecular formula is C9H22O5. The summed E-state index contributed by atoms with van der Waals surface area (Å²) in [5.41, 5.74) is 0. The highest BCUT2D eigenvalue weighted by atomic mass is 16.4. The first-order valence-electron chi connectivity index (χ1n) is 4.60. The standard InChI is InChI=1S/C4H10O.C3H6O3.C2H6O/c1-2-3-4-5;1-2(4)3(5)6;1-2-3/h5H,2-4H2,1H3;2,4H,1H3,(H,5,6);3H,2H2,1H3. The van der Waals surface area contributed by atoms with E-state index in [4.69, 9.17) is 20.4 Å². The van der Waals surface area contributed by atoms with Gasteiger partial charge in [0.25, 0.3) is 0 Å². The average Bonchev–Trinajstić information content (AvgIpc) is 2.08. The van der Waals surface area contributed by atoms with Gasteiger partial charge in [-0.25, -0.2) is 4.79 Å². The van der Waals surface area contributed by atoms with Crippen LogP contribution in [-0.4, -0.2) is 45.7 Å². The van der Waals surface area contributed by atoms with E-state index in [-0.39, 0.29) is 6.61 Å². The molecule has 14 heavy (non-hydrogen) atoms. The summed E-state index contributed by atoms with van der Waals surface area (Å²) in [6.45, 7) is 5.52. The van der Waals surface area contributed by atoms with Crippen molar-refractivity contribution in [1.29, 1.82) is 0 Å². The molecule has 0 aromatic heterocycles. The van der Waals surface area contributed by atoms with Gasteiger partial charge in [0, 0.05) is 13.2 Å². The van der Waals surface area contributed by atoms with E-state index in [1.807, 2.05) is 0 Å². The molecule has 0 saturated carbocycles. The summed E-state index contributed by atoms with van der Waals surface area (Å²) in [5.74, 6) is -1.19. The van der Waals surface area contributed by atoms with E-state index < -0.39 is 12.1 Å². The predicted octanol–water partition coefficient (Wildman–Crippen LogP) is 0.229. The minimum atomic E-state index is -1.23. The van der Waals surface area contributed by atoms with E-state index in [1.54, 1.807) is 6.92 Å². The van der Waals surface area contributed by atoms with Crippen molar-refractivity contribution < 1.29 is 25.2 Å². The number of hydrogen-bond acceptors (Lipinski definition) is 4. The van der Waals surface area contributed by atoms with Crippen LogP contribution in [0.1, 0.15) is 33.6 Å². The van der Waals surface area contributed by atoms with Crippen molar-refractivity contribution in [3.63, 3.8) is 0 Å². The monoisotopic (exact) mass is 210 g/mol. The number of hydrogen-bond donors (Lipinski definition) is 4. The van der Waals surface area contributed by atoms with Gasteiger partial charge in [-0.15, -0.1) is 0 Å². The zero-order chi connectivity index (χ0) is 12.0. The van der Waals surface area contributed by atoms with Crippen molar-refractivity contribution in [2.75, 3.05) is 13.2 Å². The topological polar surface area (TPSA) is 98.0 Å². The van der Waals surface area contributed by atoms with Crippen LogP contribution in [-0.2, 0) is 4.79 Å². The largest absolute Gasteiger partial charge is 0.479 e. The van der Waals surface area contributed by atoms with Gasteiger partial charge in [-0.1, -0.05) is 13.3 Å². The Hall–Kier alpha value is -0.650. The number of carboxylic acids is 1. The Morgan fingerprint density at radius 1 is 1.29 bits per heavy atom. The highest BCUT2D eigenvalue weighted by Crippen LogP contribution is 1.78. The summed E-state index contributed by atoms with van der Waals surface area (Å²) in [6.07, 6.45) is 0.807. The van der Waals surface area contributed by atoms with Gasteiger partial charge in [-0.2, -0.15) is 0 Å². The highest BCUT2D eigenvalue weighted by Gasteiger charge is 2.01. The van der Waals surface area contributed by atoms with Gasteiger partial charge in [0.15, 0.2) is 0 Å². The Labute approximate surface area is 85.0 Å². The Kier molecular flexibility index (Phi) is 24.7. The quantitative estimate of drug-likeness (QED) is 0.534. The number of carbonyl (C=O) groups is 1. The Balaban J connectivity index is -0.000000138. The minimum Gasteiger partial charge on any atom is -0.479 e. The lowest BCUT2D eigenvalue weighted by atomic mass is 10.4. The number of aliphatic carboxylic acids is 1. The molecule has 1 unspecified atom stereocenters. The van der Waals surface area contributed by atoms with E-state index in [9.17, 15) is 4.79 Å². The molecule has 0 saturated heterocycles. The first-order chi connectivity index (χ1) is 6.47. The molecule has 0 bridgehead atoms. The first kappa shape index (κ1) is 19.0. The zero-order valence-electron chi connectivity index (χ0n) is 9.10. The van der Waals surface area contributed by atoms with E-state index in [0.717, 1.165) is 12.8 Å². The molecule has 1 atom stereocenters. The van der Waals surface area contributed by atoms with E-state index in [1.165, 1.54) is 6.92 Å². The SMILES string of the molecule is CC(O)C(=O)O.CCCCO.CCO. The maximum atomic E-state index is 9.45. The van der Waals surface area contributed by atoms with Gasteiger partial charge >= 0.3 is 5.97 Å². The van der Waals surface area contributed by atoms with E-state index >= 15 is 0 Å². The van der Waals surface area contributed by atoms with Gasteiger partial charge in [0.2, 0.25) is 0 Å². The molecule has 0 amide bonds. The Morgan fingerprint density at radius 2 is 1.57 bits per heavy atom. The summed E-state index contributed by atoms with van der Waals surface area (Å²) in [6, 6.07) is 0. The van der Waals surface area contributed by atoms with Crippen LogP contribution >= 0.6 is 0 Å². The average molecular weight is 210 g/mol. The van der Waals surface area contributed by atoms with Crippen LogP contribution in [0.25, 0.3) is 0 Å². The normalized spacial score (nSPS) is 10.1. The maximum Gasteiger partial charge on any atom is 0.332 e. The lowest BCUT2D eigenvalue weighted by Crippen LogP contribution is -2.13. The smallest absolute Gasteiger partial charge is 0.332 e. The zero-order valence-corrected chi connectivity index (χ0v) is 9.10. The molecule has 5 nitrogen and oxygen atoms in total. The molecule has 4 N–H and O–H groups in total. The molecule has 0 heterocycles. The number of aliphatic hydroxyl groups excluding tert-OH is 3. The van der Waals surface area contributed by atoms with Crippen LogP contribution in [0.15, 0.2) is 0 Å². The molecule has 0 spiro atoms. The Morgan fingerprint density at radius 3 is 1.57 bits per heavy atom. The second kappa shape index (κ2) is 18.2. The van der Waals surface area contributed by atoms with Gasteiger partial charge in [0.1, 0.15) is 6.10 Å². The van der Waals surface area contributed by atoms with Crippen LogP contribution in [0.3, 0.4) is 0 Å². The van der Waals surface area contributed by atoms with Gasteiger partial charge < -0.3 is 20.4 Å². The van der Waals surface area contributed by atoms with E-state index in [2.05, 4.69) is 6.92 Å². The summed E-state index contributed by atoms with van der Waals surface area (Å²) in [7, 11) is 0. The van der Waals surface area contributed by atoms with Crippen LogP contribution in [0.4, 0.5) is 0 Å². The van der Waals surface area contributed by atoms with Crippen molar-refractivity contribution in [2.24, 2.45) is 0 Å². The third-order valence-electron chi connectivity index (χ3n) is 0.869. The molecule has 0 fully saturated rings. The fraction of sp³-hybridized carbons (Fsp3) is 0.889. The molecule has 0 aromatic rings. The minimum absolute atomic E-state index is 0.250. The molecule has 0 aliphatic heterocycles. The third-order valence-corrected chi connectivity index (χ3v) is 0.869. The van der Waals surface area contributed by atoms with Gasteiger partial charge in [0.05, 0.1) is 0 Å². The van der Waals surface area contributed by atoms with Crippen LogP contribution in [0.5, 0.6) is 0 Å². The second-order valence-corrected chi connectivity index (χ2v) is 2.41. The van der Waals surface area contributed by atoms with Gasteiger partial charge in [-0.05, 0) is 20.3 Å². The van der Waals surface area contributed by atoms with Crippen LogP contribution in [0.2, 0.25) is 0 Å². The molecule has 0 radical (unpaired) electrons. The molecule has 0 rings (SSSR count). The van der Waals surface area contributed by atoms with Crippen molar-refractivity contribution in [2.45, 2.75) is 39.7 Å². The molecule has 0 aliphatic carbocycles. The first-order valence-corrected chi connectivity index (χ1v) is 4.60. The summed E-state index contributed by atoms with van der Waals surface area (Å²) in [5, 5.41) is 31.4. The van der Waals surface area contributed by atoms with Crippen LogP contribution < -0.4 is 0 Å². The lowest BCUT2D eigenvalue weighted by Gasteiger charge is -1.89. The van der Waals surface area contributed by atoms with Crippen molar-refractivity contribution in [3.8, 4) is 0 Å². The third kappa shape index (κ3) is 42.5. The number of unbranched alkanes of at least 4 members (excludes halogenated alkanes) is 1. The fourth-order valence-electron chi connectivity index (χ4n) is 0.158. The fourth-order valence-corrected chi connectivity index (χ4v) is 0.158. The summed E-state index contributed by atoms with van der Waals surface area (Å²) >= 11 is 0. The lowest BCUT2D eigenvalue weighted by molar-refractivity contribution is -0.145. The second-order valence-electron chi connectivity index (χ2n) is 2.41. The molecular weight excluding hydrogens is 188 g/mol. The van der Waals surface area contributed by atoms with Crippen LogP contribution in [0, 0.1) is 0 Å². The Bertz CT molecular complexity index is 101. The molecule has 88 valence electrons. The molecule has 0 aliphatic rings. The van der Waals surface area contributed by atoms with E-state index in [0.29, 0.717) is 6.61 Å². The summed E-state index contributed by atoms with van der Waals surface area (Å²) < 4.78 is 0. The van der Waals surface area contributed by atoms with Gasteiger partial charge in [-0.3, -0.25) is 0 Å². The van der Waals surface area contributed by atoms with Crippen molar-refractivity contribution in [1.82, 2.24) is 0 Å². The highest BCUT2D eigenvalue weighted by molar-refractivity contribution is 5.71. The number of rotatable bonds is 3. The van der Waals surface area contributed by atoms with Crippen molar-refractivity contribution >= 4 is 5.97 Å². The maximum absolute atomic E-state index is 9.45.